The topological polar surface area (TPSA) is 104 Å². The summed E-state index contributed by atoms with van der Waals surface area (Å²) < 4.78 is 16.0. The van der Waals surface area contributed by atoms with Crippen molar-refractivity contribution in [2.45, 2.75) is 6.42 Å². The van der Waals surface area contributed by atoms with Gasteiger partial charge in [0.2, 0.25) is 0 Å². The minimum absolute atomic E-state index is 0.0000266. The van der Waals surface area contributed by atoms with Crippen LogP contribution in [0.4, 0.5) is 27.4 Å². The molecule has 3 aromatic rings. The first kappa shape index (κ1) is 20.6. The molecule has 3 rings (SSSR count). The van der Waals surface area contributed by atoms with Gasteiger partial charge in [-0.3, -0.25) is 9.48 Å². The van der Waals surface area contributed by atoms with Gasteiger partial charge in [0, 0.05) is 39.3 Å². The van der Waals surface area contributed by atoms with Gasteiger partial charge in [0.25, 0.3) is 5.91 Å². The summed E-state index contributed by atoms with van der Waals surface area (Å²) in [4.78, 5) is 16.3. The van der Waals surface area contributed by atoms with Crippen LogP contribution in [0.15, 0.2) is 36.5 Å². The van der Waals surface area contributed by atoms with Gasteiger partial charge in [-0.25, -0.2) is 9.37 Å². The Labute approximate surface area is 171 Å². The Morgan fingerprint density at radius 1 is 1.31 bits per heavy atom. The number of anilines is 4. The third kappa shape index (κ3) is 4.64. The van der Waals surface area contributed by atoms with Gasteiger partial charge >= 0.3 is 0 Å². The number of carbonyl (C=O) groups is 1. The monoisotopic (exact) mass is 418 g/mol. The second-order valence-corrected chi connectivity index (χ2v) is 6.57. The van der Waals surface area contributed by atoms with E-state index in [1.807, 2.05) is 0 Å². The SMILES string of the molecule is CNC(=O)c1cccc(F)c1Nc1cc(Nc2cc(CCO)nn2C)ncc1Cl. The number of carbonyl (C=O) groups excluding carboxylic acids is 1. The van der Waals surface area contributed by atoms with E-state index in [0.717, 1.165) is 5.69 Å². The van der Waals surface area contributed by atoms with Crippen molar-refractivity contribution >= 4 is 40.5 Å². The number of hydrogen-bond acceptors (Lipinski definition) is 6. The van der Waals surface area contributed by atoms with E-state index in [9.17, 15) is 9.18 Å². The van der Waals surface area contributed by atoms with Gasteiger partial charge in [-0.15, -0.1) is 0 Å². The first-order chi connectivity index (χ1) is 13.9. The number of para-hydroxylation sites is 1. The first-order valence-corrected chi connectivity index (χ1v) is 9.14. The molecule has 1 aromatic carbocycles. The van der Waals surface area contributed by atoms with E-state index in [-0.39, 0.29) is 22.9 Å². The average Bonchev–Trinajstić information content (AvgIpc) is 3.04. The molecular weight excluding hydrogens is 399 g/mol. The van der Waals surface area contributed by atoms with Crippen LogP contribution in [0, 0.1) is 5.82 Å². The van der Waals surface area contributed by atoms with Crippen molar-refractivity contribution in [1.82, 2.24) is 20.1 Å². The van der Waals surface area contributed by atoms with Crippen LogP contribution < -0.4 is 16.0 Å². The van der Waals surface area contributed by atoms with E-state index >= 15 is 0 Å². The number of aliphatic hydroxyl groups is 1. The summed E-state index contributed by atoms with van der Waals surface area (Å²) in [5.41, 5.74) is 1.26. The van der Waals surface area contributed by atoms with E-state index in [2.05, 4.69) is 26.0 Å². The molecule has 0 bridgehead atoms. The molecule has 0 atom stereocenters. The second kappa shape index (κ2) is 8.89. The average molecular weight is 419 g/mol. The fraction of sp³-hybridized carbons (Fsp3) is 0.211. The maximum atomic E-state index is 14.4. The summed E-state index contributed by atoms with van der Waals surface area (Å²) in [5, 5.41) is 22.1. The molecule has 0 radical (unpaired) electrons. The molecule has 0 spiro atoms. The summed E-state index contributed by atoms with van der Waals surface area (Å²) >= 11 is 6.22. The minimum atomic E-state index is -0.589. The van der Waals surface area contributed by atoms with Crippen LogP contribution >= 0.6 is 11.6 Å². The molecule has 29 heavy (non-hydrogen) atoms. The molecule has 0 fully saturated rings. The molecule has 2 aromatic heterocycles. The van der Waals surface area contributed by atoms with E-state index in [4.69, 9.17) is 16.7 Å². The smallest absolute Gasteiger partial charge is 0.253 e. The van der Waals surface area contributed by atoms with E-state index in [0.29, 0.717) is 23.7 Å². The highest BCUT2D eigenvalue weighted by Gasteiger charge is 2.16. The highest BCUT2D eigenvalue weighted by molar-refractivity contribution is 6.33. The summed E-state index contributed by atoms with van der Waals surface area (Å²) in [6.07, 6.45) is 1.85. The molecule has 0 aliphatic carbocycles. The summed E-state index contributed by atoms with van der Waals surface area (Å²) in [6, 6.07) is 7.61. The number of nitrogens with one attached hydrogen (secondary N) is 3. The van der Waals surface area contributed by atoms with Crippen molar-refractivity contribution in [2.75, 3.05) is 24.3 Å². The number of aromatic nitrogens is 3. The molecule has 0 saturated carbocycles. The van der Waals surface area contributed by atoms with Crippen LogP contribution in [0.25, 0.3) is 0 Å². The highest BCUT2D eigenvalue weighted by Crippen LogP contribution is 2.31. The Morgan fingerprint density at radius 2 is 2.10 bits per heavy atom. The molecule has 152 valence electrons. The fourth-order valence-electron chi connectivity index (χ4n) is 2.72. The molecule has 0 saturated heterocycles. The van der Waals surface area contributed by atoms with Gasteiger partial charge in [-0.05, 0) is 12.1 Å². The number of pyridine rings is 1. The lowest BCUT2D eigenvalue weighted by Gasteiger charge is -2.14. The predicted octanol–water partition coefficient (Wildman–Crippen LogP) is 2.99. The molecular formula is C19H20ClFN6O2. The number of aryl methyl sites for hydroxylation is 1. The van der Waals surface area contributed by atoms with E-state index < -0.39 is 11.7 Å². The number of rotatable bonds is 7. The summed E-state index contributed by atoms with van der Waals surface area (Å²) in [7, 11) is 3.23. The van der Waals surface area contributed by atoms with Crippen LogP contribution in [0.5, 0.6) is 0 Å². The third-order valence-electron chi connectivity index (χ3n) is 4.15. The zero-order valence-corrected chi connectivity index (χ0v) is 16.6. The zero-order chi connectivity index (χ0) is 21.0. The normalized spacial score (nSPS) is 10.7. The zero-order valence-electron chi connectivity index (χ0n) is 15.8. The maximum Gasteiger partial charge on any atom is 0.253 e. The Hall–Kier alpha value is -3.17. The van der Waals surface area contributed by atoms with Gasteiger partial charge < -0.3 is 21.1 Å². The predicted molar refractivity (Wildman–Crippen MR) is 110 cm³/mol. The van der Waals surface area contributed by atoms with Gasteiger partial charge in [-0.1, -0.05) is 17.7 Å². The number of benzene rings is 1. The Morgan fingerprint density at radius 3 is 2.83 bits per heavy atom. The molecule has 0 aliphatic rings. The van der Waals surface area contributed by atoms with Gasteiger partial charge in [0.15, 0.2) is 0 Å². The quantitative estimate of drug-likeness (QED) is 0.470. The molecule has 2 heterocycles. The molecule has 0 unspecified atom stereocenters. The van der Waals surface area contributed by atoms with Crippen molar-refractivity contribution < 1.29 is 14.3 Å². The lowest BCUT2D eigenvalue weighted by Crippen LogP contribution is -2.19. The Balaban J connectivity index is 1.90. The summed E-state index contributed by atoms with van der Waals surface area (Å²) in [6.45, 7) is 0.0000266. The van der Waals surface area contributed by atoms with Gasteiger partial charge in [-0.2, -0.15) is 5.10 Å². The fourth-order valence-corrected chi connectivity index (χ4v) is 2.87. The van der Waals surface area contributed by atoms with Crippen molar-refractivity contribution in [3.63, 3.8) is 0 Å². The Bertz CT molecular complexity index is 1040. The number of nitrogens with zero attached hydrogens (tertiary/aromatic N) is 3. The third-order valence-corrected chi connectivity index (χ3v) is 4.46. The number of hydrogen-bond donors (Lipinski definition) is 4. The largest absolute Gasteiger partial charge is 0.396 e. The van der Waals surface area contributed by atoms with Crippen LogP contribution in [-0.2, 0) is 13.5 Å². The van der Waals surface area contributed by atoms with Crippen LogP contribution in [0.1, 0.15) is 16.1 Å². The van der Waals surface area contributed by atoms with E-state index in [1.165, 1.54) is 31.4 Å². The van der Waals surface area contributed by atoms with Crippen molar-refractivity contribution in [3.05, 3.63) is 58.6 Å². The number of halogens is 2. The molecule has 8 nitrogen and oxygen atoms in total. The Kier molecular flexibility index (Phi) is 6.30. The minimum Gasteiger partial charge on any atom is -0.396 e. The molecule has 10 heteroatoms. The molecule has 0 aliphatic heterocycles. The standard InChI is InChI=1S/C19H20ClFN6O2/c1-22-19(29)12-4-3-5-14(21)18(12)24-15-9-16(23-10-13(15)20)25-17-8-11(6-7-28)26-27(17)2/h3-5,8-10,28H,6-7H2,1-2H3,(H,22,29)(H2,23,24,25). The second-order valence-electron chi connectivity index (χ2n) is 6.16. The van der Waals surface area contributed by atoms with E-state index in [1.54, 1.807) is 23.9 Å². The van der Waals surface area contributed by atoms with Gasteiger partial charge in [0.1, 0.15) is 17.5 Å². The van der Waals surface area contributed by atoms with Crippen LogP contribution in [-0.4, -0.2) is 39.4 Å². The number of amides is 1. The molecule has 1 amide bonds. The highest BCUT2D eigenvalue weighted by atomic mass is 35.5. The lowest BCUT2D eigenvalue weighted by atomic mass is 10.1. The van der Waals surface area contributed by atoms with Crippen LogP contribution in [0.2, 0.25) is 5.02 Å². The first-order valence-electron chi connectivity index (χ1n) is 8.77. The van der Waals surface area contributed by atoms with Crippen LogP contribution in [0.3, 0.4) is 0 Å². The van der Waals surface area contributed by atoms with Crippen molar-refractivity contribution in [1.29, 1.82) is 0 Å². The maximum absolute atomic E-state index is 14.4. The summed E-state index contributed by atoms with van der Waals surface area (Å²) in [5.74, 6) is 0.0787. The van der Waals surface area contributed by atoms with Gasteiger partial charge in [0.05, 0.1) is 33.9 Å². The number of aliphatic hydroxyl groups excluding tert-OH is 1. The lowest BCUT2D eigenvalue weighted by molar-refractivity contribution is 0.0963. The van der Waals surface area contributed by atoms with Crippen molar-refractivity contribution in [2.24, 2.45) is 7.05 Å². The van der Waals surface area contributed by atoms with Crippen molar-refractivity contribution in [3.8, 4) is 0 Å². The molecule has 4 N–H and O–H groups in total.